The van der Waals surface area contributed by atoms with Gasteiger partial charge in [0.25, 0.3) is 0 Å². The molecule has 6 heteroatoms. The zero-order valence-corrected chi connectivity index (χ0v) is 13.4. The van der Waals surface area contributed by atoms with Gasteiger partial charge in [-0.25, -0.2) is 4.98 Å². The molecule has 0 fully saturated rings. The fourth-order valence-corrected chi connectivity index (χ4v) is 4.15. The van der Waals surface area contributed by atoms with E-state index in [0.717, 1.165) is 22.0 Å². The van der Waals surface area contributed by atoms with Crippen LogP contribution in [0.1, 0.15) is 11.3 Å². The van der Waals surface area contributed by atoms with Crippen LogP contribution >= 0.6 is 22.9 Å². The summed E-state index contributed by atoms with van der Waals surface area (Å²) in [6, 6.07) is 11.1. The average molecular weight is 338 g/mol. The molecule has 3 rings (SSSR count). The summed E-state index contributed by atoms with van der Waals surface area (Å²) in [4.78, 5) is 4.46. The minimum absolute atomic E-state index is 0.434. The Hall–Kier alpha value is -1.43. The Kier molecular flexibility index (Phi) is 4.53. The van der Waals surface area contributed by atoms with E-state index in [2.05, 4.69) is 4.98 Å². The Morgan fingerprint density at radius 2 is 2.14 bits per heavy atom. The molecule has 0 saturated carbocycles. The molecule has 0 N–H and O–H groups in total. The Balaban J connectivity index is 1.65. The van der Waals surface area contributed by atoms with Crippen molar-refractivity contribution in [2.45, 2.75) is 11.5 Å². The first-order valence-corrected chi connectivity index (χ1v) is 9.03. The Morgan fingerprint density at radius 3 is 2.90 bits per heavy atom. The normalized spacial score (nSPS) is 12.4. The Labute approximate surface area is 134 Å². The summed E-state index contributed by atoms with van der Waals surface area (Å²) in [6.45, 7) is 0. The summed E-state index contributed by atoms with van der Waals surface area (Å²) < 4.78 is 17.5. The zero-order chi connectivity index (χ0) is 14.7. The molecule has 0 radical (unpaired) electrons. The smallest absolute Gasteiger partial charge is 0.162 e. The van der Waals surface area contributed by atoms with Crippen molar-refractivity contribution >= 4 is 33.7 Å². The van der Waals surface area contributed by atoms with Crippen molar-refractivity contribution in [2.24, 2.45) is 0 Å². The molecule has 3 aromatic rings. The number of aromatic nitrogens is 1. The lowest BCUT2D eigenvalue weighted by Crippen LogP contribution is -1.99. The predicted octanol–water partition coefficient (Wildman–Crippen LogP) is 4.51. The van der Waals surface area contributed by atoms with Gasteiger partial charge in [0.1, 0.15) is 0 Å². The molecular formula is C15H12ClNO2S2. The lowest BCUT2D eigenvalue weighted by Gasteiger charge is -2.01. The average Bonchev–Trinajstić information content (AvgIpc) is 3.08. The maximum atomic E-state index is 12.2. The highest BCUT2D eigenvalue weighted by molar-refractivity contribution is 7.83. The minimum Gasteiger partial charge on any atom is -0.462 e. The third-order valence-corrected chi connectivity index (χ3v) is 5.22. The van der Waals surface area contributed by atoms with Crippen LogP contribution in [0.15, 0.2) is 52.5 Å². The molecule has 21 heavy (non-hydrogen) atoms. The van der Waals surface area contributed by atoms with E-state index in [0.29, 0.717) is 16.5 Å². The van der Waals surface area contributed by atoms with E-state index in [1.165, 1.54) is 11.3 Å². The molecule has 0 saturated heterocycles. The second kappa shape index (κ2) is 6.56. The monoisotopic (exact) mass is 337 g/mol. The summed E-state index contributed by atoms with van der Waals surface area (Å²) in [5.74, 6) is 1.66. The molecule has 0 unspecified atom stereocenters. The van der Waals surface area contributed by atoms with Crippen molar-refractivity contribution in [3.63, 3.8) is 0 Å². The van der Waals surface area contributed by atoms with Gasteiger partial charge in [0, 0.05) is 27.0 Å². The standard InChI is InChI=1S/C15H12ClNO2S2/c16-12-4-1-3-11(7-12)9-21(18)10-13-8-20-15(17-13)14-5-2-6-19-14/h1-8H,9-10H2/t21-/m1/s1. The highest BCUT2D eigenvalue weighted by Crippen LogP contribution is 2.24. The topological polar surface area (TPSA) is 43.1 Å². The second-order valence-corrected chi connectivity index (χ2v) is 7.23. The molecule has 0 aliphatic carbocycles. The van der Waals surface area contributed by atoms with E-state index in [9.17, 15) is 4.21 Å². The van der Waals surface area contributed by atoms with Gasteiger partial charge in [-0.15, -0.1) is 11.3 Å². The summed E-state index contributed by atoms with van der Waals surface area (Å²) in [5, 5.41) is 3.40. The highest BCUT2D eigenvalue weighted by Gasteiger charge is 2.10. The quantitative estimate of drug-likeness (QED) is 0.688. The van der Waals surface area contributed by atoms with Crippen molar-refractivity contribution < 1.29 is 8.63 Å². The van der Waals surface area contributed by atoms with Gasteiger partial charge in [-0.1, -0.05) is 23.7 Å². The van der Waals surface area contributed by atoms with Gasteiger partial charge in [0.15, 0.2) is 10.8 Å². The van der Waals surface area contributed by atoms with Crippen LogP contribution < -0.4 is 0 Å². The lowest BCUT2D eigenvalue weighted by molar-refractivity contribution is 0.581. The molecule has 1 aromatic carbocycles. The van der Waals surface area contributed by atoms with Crippen LogP contribution in [-0.4, -0.2) is 9.19 Å². The van der Waals surface area contributed by atoms with Crippen LogP contribution in [0.5, 0.6) is 0 Å². The number of hydrogen-bond acceptors (Lipinski definition) is 4. The molecule has 0 spiro atoms. The van der Waals surface area contributed by atoms with Gasteiger partial charge in [-0.3, -0.25) is 4.21 Å². The summed E-state index contributed by atoms with van der Waals surface area (Å²) >= 11 is 7.43. The summed E-state index contributed by atoms with van der Waals surface area (Å²) in [7, 11) is -1.01. The van der Waals surface area contributed by atoms with Crippen molar-refractivity contribution in [2.75, 3.05) is 0 Å². The fraction of sp³-hybridized carbons (Fsp3) is 0.133. The van der Waals surface area contributed by atoms with Crippen LogP contribution in [0.3, 0.4) is 0 Å². The number of thiazole rings is 1. The Morgan fingerprint density at radius 1 is 1.24 bits per heavy atom. The molecular weight excluding hydrogens is 326 g/mol. The fourth-order valence-electron chi connectivity index (χ4n) is 1.92. The molecule has 0 aliphatic heterocycles. The summed E-state index contributed by atoms with van der Waals surface area (Å²) in [6.07, 6.45) is 1.62. The van der Waals surface area contributed by atoms with E-state index < -0.39 is 10.8 Å². The van der Waals surface area contributed by atoms with Crippen molar-refractivity contribution in [3.05, 3.63) is 64.3 Å². The van der Waals surface area contributed by atoms with Crippen LogP contribution in [0.4, 0.5) is 0 Å². The molecule has 0 amide bonds. The minimum atomic E-state index is -1.01. The largest absolute Gasteiger partial charge is 0.462 e. The van der Waals surface area contributed by atoms with Crippen molar-refractivity contribution in [1.82, 2.24) is 4.98 Å². The highest BCUT2D eigenvalue weighted by atomic mass is 35.5. The molecule has 2 heterocycles. The molecule has 108 valence electrons. The number of benzene rings is 1. The Bertz CT molecular complexity index is 753. The van der Waals surface area contributed by atoms with Crippen LogP contribution in [0.25, 0.3) is 10.8 Å². The first-order chi connectivity index (χ1) is 10.2. The first-order valence-electron chi connectivity index (χ1n) is 6.28. The predicted molar refractivity (Wildman–Crippen MR) is 86.8 cm³/mol. The number of furan rings is 1. The number of halogens is 1. The van der Waals surface area contributed by atoms with Crippen molar-refractivity contribution in [1.29, 1.82) is 0 Å². The summed E-state index contributed by atoms with van der Waals surface area (Å²) in [5.41, 5.74) is 1.80. The molecule has 2 aromatic heterocycles. The van der Waals surface area contributed by atoms with Gasteiger partial charge in [0.2, 0.25) is 0 Å². The van der Waals surface area contributed by atoms with E-state index in [1.54, 1.807) is 6.26 Å². The maximum absolute atomic E-state index is 12.2. The number of nitrogens with zero attached hydrogens (tertiary/aromatic N) is 1. The van der Waals surface area contributed by atoms with Crippen LogP contribution in [-0.2, 0) is 22.3 Å². The van der Waals surface area contributed by atoms with Gasteiger partial charge < -0.3 is 4.42 Å². The molecule has 3 nitrogen and oxygen atoms in total. The second-order valence-electron chi connectivity index (χ2n) is 4.48. The molecule has 0 aliphatic rings. The molecule has 1 atom stereocenters. The van der Waals surface area contributed by atoms with E-state index in [4.69, 9.17) is 16.0 Å². The third-order valence-electron chi connectivity index (χ3n) is 2.81. The number of rotatable bonds is 5. The van der Waals surface area contributed by atoms with Crippen molar-refractivity contribution in [3.8, 4) is 10.8 Å². The third kappa shape index (κ3) is 3.81. The van der Waals surface area contributed by atoms with Crippen LogP contribution in [0.2, 0.25) is 5.02 Å². The van der Waals surface area contributed by atoms with E-state index in [1.807, 2.05) is 41.8 Å². The maximum Gasteiger partial charge on any atom is 0.162 e. The van der Waals surface area contributed by atoms with Gasteiger partial charge in [-0.2, -0.15) is 0 Å². The number of hydrogen-bond donors (Lipinski definition) is 0. The first kappa shape index (κ1) is 14.5. The molecule has 0 bridgehead atoms. The van der Waals surface area contributed by atoms with E-state index >= 15 is 0 Å². The van der Waals surface area contributed by atoms with E-state index in [-0.39, 0.29) is 0 Å². The zero-order valence-electron chi connectivity index (χ0n) is 11.0. The van der Waals surface area contributed by atoms with Gasteiger partial charge in [0.05, 0.1) is 17.7 Å². The van der Waals surface area contributed by atoms with Gasteiger partial charge >= 0.3 is 0 Å². The SMILES string of the molecule is O=[S@](Cc1cccc(Cl)c1)Cc1csc(-c2ccco2)n1. The lowest BCUT2D eigenvalue weighted by atomic mass is 10.2. The van der Waals surface area contributed by atoms with Crippen LogP contribution in [0, 0.1) is 0 Å². The van der Waals surface area contributed by atoms with Gasteiger partial charge in [-0.05, 0) is 29.8 Å².